The normalized spacial score (nSPS) is 15.3. The first kappa shape index (κ1) is 22.4. The molecule has 1 aliphatic rings. The van der Waals surface area contributed by atoms with Crippen LogP contribution in [0.3, 0.4) is 0 Å². The number of hydrogen-bond donors (Lipinski definition) is 2. The van der Waals surface area contributed by atoms with Gasteiger partial charge in [0.2, 0.25) is 0 Å². The van der Waals surface area contributed by atoms with E-state index < -0.39 is 0 Å². The maximum atomic E-state index is 12.5. The highest BCUT2D eigenvalue weighted by molar-refractivity contribution is 5.95. The van der Waals surface area contributed by atoms with Crippen LogP contribution in [0, 0.1) is 12.3 Å². The summed E-state index contributed by atoms with van der Waals surface area (Å²) in [6.07, 6.45) is 2.19. The minimum Gasteiger partial charge on any atom is -0.351 e. The number of aromatic nitrogens is 1. The fraction of sp³-hybridized carbons (Fsp3) is 0.400. The Labute approximate surface area is 168 Å². The van der Waals surface area contributed by atoms with Gasteiger partial charge in [-0.15, -0.1) is 24.8 Å². The molecule has 26 heavy (non-hydrogen) atoms. The van der Waals surface area contributed by atoms with E-state index in [2.05, 4.69) is 22.5 Å². The summed E-state index contributed by atoms with van der Waals surface area (Å²) in [6, 6.07) is 13.8. The van der Waals surface area contributed by atoms with E-state index in [1.54, 1.807) is 0 Å². The lowest BCUT2D eigenvalue weighted by molar-refractivity contribution is 0.0921. The molecule has 0 aliphatic carbocycles. The number of amides is 1. The van der Waals surface area contributed by atoms with Gasteiger partial charge in [-0.1, -0.05) is 37.3 Å². The molecule has 2 heterocycles. The van der Waals surface area contributed by atoms with E-state index >= 15 is 0 Å². The van der Waals surface area contributed by atoms with Crippen LogP contribution in [-0.4, -0.2) is 30.5 Å². The Morgan fingerprint density at radius 3 is 2.38 bits per heavy atom. The van der Waals surface area contributed by atoms with E-state index in [1.165, 1.54) is 0 Å². The highest BCUT2D eigenvalue weighted by Gasteiger charge is 2.27. The maximum absolute atomic E-state index is 12.5. The van der Waals surface area contributed by atoms with Crippen LogP contribution in [0.4, 0.5) is 0 Å². The molecule has 0 unspecified atom stereocenters. The number of rotatable bonds is 4. The smallest absolute Gasteiger partial charge is 0.253 e. The van der Waals surface area contributed by atoms with E-state index in [1.807, 2.05) is 49.4 Å². The number of nitrogens with one attached hydrogen (secondary N) is 2. The number of aryl methyl sites for hydroxylation is 1. The molecule has 1 saturated heterocycles. The number of carbonyl (C=O) groups is 1. The largest absolute Gasteiger partial charge is 0.351 e. The first-order valence-corrected chi connectivity index (χ1v) is 8.59. The van der Waals surface area contributed by atoms with Crippen molar-refractivity contribution in [2.75, 3.05) is 19.6 Å². The predicted molar refractivity (Wildman–Crippen MR) is 111 cm³/mol. The second kappa shape index (κ2) is 9.91. The molecule has 2 aromatic rings. The number of piperidine rings is 1. The molecule has 3 rings (SSSR count). The zero-order valence-electron chi connectivity index (χ0n) is 15.2. The highest BCUT2D eigenvalue weighted by atomic mass is 35.5. The molecule has 1 aromatic carbocycles. The number of nitrogens with zero attached hydrogens (tertiary/aromatic N) is 1. The summed E-state index contributed by atoms with van der Waals surface area (Å²) in [4.78, 5) is 17.1. The molecule has 2 N–H and O–H groups in total. The first-order valence-electron chi connectivity index (χ1n) is 8.59. The van der Waals surface area contributed by atoms with Crippen LogP contribution < -0.4 is 10.6 Å². The molecular weight excluding hydrogens is 369 g/mol. The van der Waals surface area contributed by atoms with E-state index in [0.29, 0.717) is 12.1 Å². The third-order valence-electron chi connectivity index (χ3n) is 4.89. The van der Waals surface area contributed by atoms with Crippen LogP contribution in [0.15, 0.2) is 42.5 Å². The van der Waals surface area contributed by atoms with Gasteiger partial charge < -0.3 is 10.6 Å². The van der Waals surface area contributed by atoms with Gasteiger partial charge in [0.1, 0.15) is 0 Å². The van der Waals surface area contributed by atoms with Gasteiger partial charge in [-0.2, -0.15) is 0 Å². The van der Waals surface area contributed by atoms with Crippen molar-refractivity contribution in [2.45, 2.75) is 26.7 Å². The van der Waals surface area contributed by atoms with Crippen LogP contribution in [0.1, 0.15) is 35.8 Å². The van der Waals surface area contributed by atoms with Gasteiger partial charge in [0, 0.05) is 12.1 Å². The van der Waals surface area contributed by atoms with Crippen LogP contribution in [0.5, 0.6) is 0 Å². The Kier molecular flexibility index (Phi) is 8.54. The molecule has 0 radical (unpaired) electrons. The molecule has 0 bridgehead atoms. The molecule has 1 aromatic heterocycles. The lowest BCUT2D eigenvalue weighted by Gasteiger charge is -2.34. The van der Waals surface area contributed by atoms with Gasteiger partial charge in [0.15, 0.2) is 0 Å². The van der Waals surface area contributed by atoms with Gasteiger partial charge in [-0.05, 0) is 50.4 Å². The molecule has 0 atom stereocenters. The monoisotopic (exact) mass is 395 g/mol. The van der Waals surface area contributed by atoms with Crippen molar-refractivity contribution < 1.29 is 4.79 Å². The Balaban J connectivity index is 0.00000169. The average molecular weight is 396 g/mol. The van der Waals surface area contributed by atoms with Crippen molar-refractivity contribution >= 4 is 30.7 Å². The number of halogens is 2. The SMILES string of the molecule is Cc1nc(-c2ccccc2)ccc1C(=O)NCC1(C)CCNCC1.Cl.Cl. The third-order valence-corrected chi connectivity index (χ3v) is 4.89. The summed E-state index contributed by atoms with van der Waals surface area (Å²) in [5, 5.41) is 6.47. The van der Waals surface area contributed by atoms with Gasteiger partial charge in [-0.25, -0.2) is 0 Å². The molecule has 0 spiro atoms. The van der Waals surface area contributed by atoms with Crippen molar-refractivity contribution in [3.63, 3.8) is 0 Å². The molecule has 1 aliphatic heterocycles. The van der Waals surface area contributed by atoms with Crippen LogP contribution in [-0.2, 0) is 0 Å². The van der Waals surface area contributed by atoms with Crippen molar-refractivity contribution in [2.24, 2.45) is 5.41 Å². The fourth-order valence-corrected chi connectivity index (χ4v) is 3.17. The topological polar surface area (TPSA) is 54.0 Å². The van der Waals surface area contributed by atoms with Crippen LogP contribution in [0.2, 0.25) is 0 Å². The molecule has 6 heteroatoms. The van der Waals surface area contributed by atoms with Crippen molar-refractivity contribution in [1.29, 1.82) is 0 Å². The standard InChI is InChI=1S/C20H25N3O.2ClH/c1-15-17(8-9-18(23-15)16-6-4-3-5-7-16)19(24)22-14-20(2)10-12-21-13-11-20;;/h3-9,21H,10-14H2,1-2H3,(H,22,24);2*1H. The van der Waals surface area contributed by atoms with E-state index in [4.69, 9.17) is 0 Å². The average Bonchev–Trinajstić information content (AvgIpc) is 2.61. The summed E-state index contributed by atoms with van der Waals surface area (Å²) in [7, 11) is 0. The number of hydrogen-bond acceptors (Lipinski definition) is 3. The van der Waals surface area contributed by atoms with Gasteiger partial charge in [0.05, 0.1) is 17.0 Å². The summed E-state index contributed by atoms with van der Waals surface area (Å²) in [5.41, 5.74) is 3.58. The lowest BCUT2D eigenvalue weighted by atomic mass is 9.81. The second-order valence-corrected chi connectivity index (χ2v) is 6.94. The second-order valence-electron chi connectivity index (χ2n) is 6.94. The number of pyridine rings is 1. The molecule has 0 saturated carbocycles. The van der Waals surface area contributed by atoms with Crippen LogP contribution >= 0.6 is 24.8 Å². The lowest BCUT2D eigenvalue weighted by Crippen LogP contribution is -2.43. The number of benzene rings is 1. The van der Waals surface area contributed by atoms with Crippen LogP contribution in [0.25, 0.3) is 11.3 Å². The summed E-state index contributed by atoms with van der Waals surface area (Å²) >= 11 is 0. The molecule has 1 fully saturated rings. The predicted octanol–water partition coefficient (Wildman–Crippen LogP) is 4.02. The Morgan fingerprint density at radius 2 is 1.77 bits per heavy atom. The quantitative estimate of drug-likeness (QED) is 0.821. The van der Waals surface area contributed by atoms with E-state index in [0.717, 1.165) is 42.9 Å². The maximum Gasteiger partial charge on any atom is 0.253 e. The van der Waals surface area contributed by atoms with Gasteiger partial charge in [-0.3, -0.25) is 9.78 Å². The minimum absolute atomic E-state index is 0. The minimum atomic E-state index is -0.0284. The molecule has 4 nitrogen and oxygen atoms in total. The van der Waals surface area contributed by atoms with Crippen molar-refractivity contribution in [1.82, 2.24) is 15.6 Å². The van der Waals surface area contributed by atoms with Crippen molar-refractivity contribution in [3.05, 3.63) is 53.7 Å². The van der Waals surface area contributed by atoms with E-state index in [9.17, 15) is 4.79 Å². The first-order chi connectivity index (χ1) is 11.6. The van der Waals surface area contributed by atoms with Gasteiger partial charge >= 0.3 is 0 Å². The highest BCUT2D eigenvalue weighted by Crippen LogP contribution is 2.27. The van der Waals surface area contributed by atoms with Gasteiger partial charge in [0.25, 0.3) is 5.91 Å². The Hall–Kier alpha value is -1.62. The third kappa shape index (κ3) is 5.44. The van der Waals surface area contributed by atoms with E-state index in [-0.39, 0.29) is 36.1 Å². The molecular formula is C20H27Cl2N3O. The zero-order chi connectivity index (χ0) is 17.0. The summed E-state index contributed by atoms with van der Waals surface area (Å²) in [6.45, 7) is 6.91. The molecule has 1 amide bonds. The molecule has 142 valence electrons. The zero-order valence-corrected chi connectivity index (χ0v) is 16.9. The number of carbonyl (C=O) groups excluding carboxylic acids is 1. The Bertz CT molecular complexity index is 716. The summed E-state index contributed by atoms with van der Waals surface area (Å²) in [5.74, 6) is -0.0284. The fourth-order valence-electron chi connectivity index (χ4n) is 3.17. The summed E-state index contributed by atoms with van der Waals surface area (Å²) < 4.78 is 0. The Morgan fingerprint density at radius 1 is 1.12 bits per heavy atom. The van der Waals surface area contributed by atoms with Crippen molar-refractivity contribution in [3.8, 4) is 11.3 Å².